The fourth-order valence-electron chi connectivity index (χ4n) is 2.66. The number of anilines is 2. The molecule has 4 aromatic rings. The van der Waals surface area contributed by atoms with E-state index in [9.17, 15) is 4.79 Å². The number of nitrogens with two attached hydrogens (primary N) is 1. The molecule has 1 amide bonds. The van der Waals surface area contributed by atoms with E-state index in [1.807, 2.05) is 36.4 Å². The molecule has 6 heteroatoms. The van der Waals surface area contributed by atoms with E-state index in [0.29, 0.717) is 22.5 Å². The van der Waals surface area contributed by atoms with Crippen molar-refractivity contribution in [2.75, 3.05) is 11.1 Å². The van der Waals surface area contributed by atoms with Gasteiger partial charge in [0.2, 0.25) is 0 Å². The Morgan fingerprint density at radius 3 is 2.42 bits per heavy atom. The third-order valence-corrected chi connectivity index (χ3v) is 3.87. The molecule has 1 aromatic heterocycles. The maximum absolute atomic E-state index is 12.6. The Morgan fingerprint density at radius 2 is 1.65 bits per heavy atom. The fourth-order valence-corrected chi connectivity index (χ4v) is 2.66. The molecule has 0 aliphatic carbocycles. The van der Waals surface area contributed by atoms with Gasteiger partial charge in [-0.3, -0.25) is 4.79 Å². The van der Waals surface area contributed by atoms with Crippen molar-refractivity contribution in [3.8, 4) is 11.5 Å². The van der Waals surface area contributed by atoms with Gasteiger partial charge in [0.15, 0.2) is 5.95 Å². The van der Waals surface area contributed by atoms with Crippen LogP contribution in [0.5, 0.6) is 11.5 Å². The highest BCUT2D eigenvalue weighted by molar-refractivity contribution is 6.11. The smallest absolute Gasteiger partial charge is 0.257 e. The highest BCUT2D eigenvalue weighted by Gasteiger charge is 2.13. The van der Waals surface area contributed by atoms with E-state index >= 15 is 0 Å². The minimum absolute atomic E-state index is 0.251. The number of rotatable bonds is 4. The second kappa shape index (κ2) is 6.60. The number of carbonyl (C=O) groups is 1. The van der Waals surface area contributed by atoms with Crippen LogP contribution in [0.1, 0.15) is 10.4 Å². The molecule has 3 aromatic carbocycles. The lowest BCUT2D eigenvalue weighted by Crippen LogP contribution is -2.12. The van der Waals surface area contributed by atoms with Crippen LogP contribution in [-0.4, -0.2) is 15.9 Å². The first kappa shape index (κ1) is 15.7. The van der Waals surface area contributed by atoms with Crippen molar-refractivity contribution in [1.29, 1.82) is 0 Å². The van der Waals surface area contributed by atoms with Crippen molar-refractivity contribution in [3.05, 3.63) is 78.4 Å². The number of H-pyrrole nitrogens is 1. The zero-order chi connectivity index (χ0) is 17.9. The Balaban J connectivity index is 1.50. The molecule has 4 N–H and O–H groups in total. The number of aromatic amines is 1. The predicted octanol–water partition coefficient (Wildman–Crippen LogP) is 4.19. The summed E-state index contributed by atoms with van der Waals surface area (Å²) in [5.41, 5.74) is 8.07. The molecule has 6 nitrogen and oxygen atoms in total. The van der Waals surface area contributed by atoms with Crippen LogP contribution in [0, 0.1) is 0 Å². The molecule has 0 aliphatic heterocycles. The average molecular weight is 344 g/mol. The van der Waals surface area contributed by atoms with Crippen molar-refractivity contribution in [3.63, 3.8) is 0 Å². The largest absolute Gasteiger partial charge is 0.457 e. The molecule has 0 saturated carbocycles. The van der Waals surface area contributed by atoms with Gasteiger partial charge >= 0.3 is 0 Å². The van der Waals surface area contributed by atoms with E-state index in [1.54, 1.807) is 36.4 Å². The molecule has 0 saturated heterocycles. The van der Waals surface area contributed by atoms with Gasteiger partial charge in [-0.1, -0.05) is 24.3 Å². The molecule has 0 fully saturated rings. The molecular weight excluding hydrogens is 328 g/mol. The van der Waals surface area contributed by atoms with E-state index in [-0.39, 0.29) is 11.9 Å². The van der Waals surface area contributed by atoms with Crippen LogP contribution in [0.2, 0.25) is 0 Å². The zero-order valence-electron chi connectivity index (χ0n) is 13.8. The molecule has 0 aliphatic rings. The van der Waals surface area contributed by atoms with Crippen LogP contribution in [0.25, 0.3) is 11.0 Å². The number of fused-ring (bicyclic) bond motifs is 1. The second-order valence-electron chi connectivity index (χ2n) is 5.72. The Kier molecular flexibility index (Phi) is 3.99. The predicted molar refractivity (Wildman–Crippen MR) is 101 cm³/mol. The summed E-state index contributed by atoms with van der Waals surface area (Å²) in [7, 11) is 0. The van der Waals surface area contributed by atoms with Gasteiger partial charge in [0.25, 0.3) is 5.91 Å². The monoisotopic (exact) mass is 344 g/mol. The summed E-state index contributed by atoms with van der Waals surface area (Å²) in [5.74, 6) is 1.48. The Labute approximate surface area is 149 Å². The Bertz CT molecular complexity index is 1060. The quantitative estimate of drug-likeness (QED) is 0.517. The van der Waals surface area contributed by atoms with Gasteiger partial charge in [-0.2, -0.15) is 0 Å². The molecular formula is C20H16N4O2. The number of carbonyl (C=O) groups excluding carboxylic acids is 1. The minimum Gasteiger partial charge on any atom is -0.457 e. The first-order valence-corrected chi connectivity index (χ1v) is 8.07. The van der Waals surface area contributed by atoms with E-state index in [1.165, 1.54) is 0 Å². The standard InChI is InChI=1S/C20H16N4O2/c21-20-23-17-8-4-7-16(18(17)24-20)19(25)22-13-9-11-15(12-10-13)26-14-5-2-1-3-6-14/h1-12H,(H,22,25)(H3,21,23,24). The number of nitrogens with zero attached hydrogens (tertiary/aromatic N) is 1. The van der Waals surface area contributed by atoms with Crippen molar-refractivity contribution in [2.24, 2.45) is 0 Å². The first-order valence-electron chi connectivity index (χ1n) is 8.07. The lowest BCUT2D eigenvalue weighted by molar-refractivity contribution is 0.102. The van der Waals surface area contributed by atoms with E-state index in [2.05, 4.69) is 15.3 Å². The molecule has 26 heavy (non-hydrogen) atoms. The van der Waals surface area contributed by atoms with Gasteiger partial charge in [0, 0.05) is 5.69 Å². The molecule has 128 valence electrons. The second-order valence-corrected chi connectivity index (χ2v) is 5.72. The lowest BCUT2D eigenvalue weighted by Gasteiger charge is -2.08. The maximum atomic E-state index is 12.6. The first-order chi connectivity index (χ1) is 12.7. The molecule has 0 bridgehead atoms. The van der Waals surface area contributed by atoms with Gasteiger partial charge < -0.3 is 20.8 Å². The SMILES string of the molecule is Nc1nc2c(C(=O)Nc3ccc(Oc4ccccc4)cc3)cccc2[nH]1. The zero-order valence-corrected chi connectivity index (χ0v) is 13.8. The van der Waals surface area contributed by atoms with Gasteiger partial charge in [-0.25, -0.2) is 4.98 Å². The molecule has 0 radical (unpaired) electrons. The van der Waals surface area contributed by atoms with Crippen LogP contribution in [0.3, 0.4) is 0 Å². The number of aromatic nitrogens is 2. The lowest BCUT2D eigenvalue weighted by atomic mass is 10.1. The number of para-hydroxylation sites is 2. The average Bonchev–Trinajstić information content (AvgIpc) is 3.04. The Morgan fingerprint density at radius 1 is 0.923 bits per heavy atom. The molecule has 0 unspecified atom stereocenters. The third-order valence-electron chi connectivity index (χ3n) is 3.87. The van der Waals surface area contributed by atoms with Crippen LogP contribution in [0.4, 0.5) is 11.6 Å². The third kappa shape index (κ3) is 3.21. The number of nitrogen functional groups attached to an aromatic ring is 1. The summed E-state index contributed by atoms with van der Waals surface area (Å²) in [6.07, 6.45) is 0. The number of hydrogen-bond acceptors (Lipinski definition) is 4. The Hall–Kier alpha value is -3.80. The van der Waals surface area contributed by atoms with Gasteiger partial charge in [-0.15, -0.1) is 0 Å². The van der Waals surface area contributed by atoms with E-state index < -0.39 is 0 Å². The minimum atomic E-state index is -0.251. The number of amides is 1. The van der Waals surface area contributed by atoms with Crippen molar-refractivity contribution in [1.82, 2.24) is 9.97 Å². The van der Waals surface area contributed by atoms with E-state index in [4.69, 9.17) is 10.5 Å². The summed E-state index contributed by atoms with van der Waals surface area (Å²) in [5, 5.41) is 2.86. The number of imidazole rings is 1. The number of benzene rings is 3. The highest BCUT2D eigenvalue weighted by atomic mass is 16.5. The molecule has 1 heterocycles. The fraction of sp³-hybridized carbons (Fsp3) is 0. The van der Waals surface area contributed by atoms with Crippen molar-refractivity contribution < 1.29 is 9.53 Å². The summed E-state index contributed by atoms with van der Waals surface area (Å²) in [6, 6.07) is 22.0. The van der Waals surface area contributed by atoms with Crippen LogP contribution < -0.4 is 15.8 Å². The van der Waals surface area contributed by atoms with E-state index in [0.717, 1.165) is 11.3 Å². The summed E-state index contributed by atoms with van der Waals surface area (Å²) in [4.78, 5) is 19.7. The number of hydrogen-bond donors (Lipinski definition) is 3. The molecule has 0 atom stereocenters. The summed E-state index contributed by atoms with van der Waals surface area (Å²) >= 11 is 0. The highest BCUT2D eigenvalue weighted by Crippen LogP contribution is 2.23. The normalized spacial score (nSPS) is 10.6. The van der Waals surface area contributed by atoms with Crippen molar-refractivity contribution >= 4 is 28.6 Å². The van der Waals surface area contributed by atoms with Gasteiger partial charge in [0.05, 0.1) is 11.1 Å². The topological polar surface area (TPSA) is 93.0 Å². The molecule has 0 spiro atoms. The number of ether oxygens (including phenoxy) is 1. The number of nitrogens with one attached hydrogen (secondary N) is 2. The van der Waals surface area contributed by atoms with Gasteiger partial charge in [-0.05, 0) is 48.5 Å². The summed E-state index contributed by atoms with van der Waals surface area (Å²) < 4.78 is 5.74. The van der Waals surface area contributed by atoms with Crippen LogP contribution in [-0.2, 0) is 0 Å². The van der Waals surface area contributed by atoms with Gasteiger partial charge in [0.1, 0.15) is 17.0 Å². The molecule has 4 rings (SSSR count). The van der Waals surface area contributed by atoms with Crippen LogP contribution >= 0.6 is 0 Å². The summed E-state index contributed by atoms with van der Waals surface area (Å²) in [6.45, 7) is 0. The maximum Gasteiger partial charge on any atom is 0.257 e. The van der Waals surface area contributed by atoms with Crippen molar-refractivity contribution in [2.45, 2.75) is 0 Å². The van der Waals surface area contributed by atoms with Crippen LogP contribution in [0.15, 0.2) is 72.8 Å².